The van der Waals surface area contributed by atoms with Crippen molar-refractivity contribution in [3.63, 3.8) is 0 Å². The molecule has 0 radical (unpaired) electrons. The zero-order valence-electron chi connectivity index (χ0n) is 13.9. The molecule has 2 aromatic rings. The maximum Gasteiger partial charge on any atom is 0.289 e. The van der Waals surface area contributed by atoms with Crippen LogP contribution in [0.1, 0.15) is 35.4 Å². The van der Waals surface area contributed by atoms with E-state index in [1.807, 2.05) is 0 Å². The van der Waals surface area contributed by atoms with Gasteiger partial charge in [0.1, 0.15) is 5.82 Å². The molecule has 0 unspecified atom stereocenters. The summed E-state index contributed by atoms with van der Waals surface area (Å²) in [4.78, 5) is 26.0. The molecule has 132 valence electrons. The number of benzene rings is 1. The third-order valence-electron chi connectivity index (χ3n) is 4.43. The van der Waals surface area contributed by atoms with E-state index >= 15 is 0 Å². The molecule has 0 atom stereocenters. The van der Waals surface area contributed by atoms with E-state index in [2.05, 4.69) is 5.32 Å². The van der Waals surface area contributed by atoms with Crippen molar-refractivity contribution in [3.05, 3.63) is 59.8 Å². The summed E-state index contributed by atoms with van der Waals surface area (Å²) in [5.74, 6) is -0.0444. The van der Waals surface area contributed by atoms with E-state index in [0.717, 1.165) is 18.4 Å². The first-order valence-corrected chi connectivity index (χ1v) is 8.48. The number of carbonyl (C=O) groups excluding carboxylic acids is 2. The highest BCUT2D eigenvalue weighted by atomic mass is 19.1. The molecule has 1 aliphatic rings. The van der Waals surface area contributed by atoms with Gasteiger partial charge in [0.05, 0.1) is 6.26 Å². The fraction of sp³-hybridized carbons (Fsp3) is 0.368. The Morgan fingerprint density at radius 2 is 1.88 bits per heavy atom. The van der Waals surface area contributed by atoms with Crippen molar-refractivity contribution in [2.24, 2.45) is 0 Å². The minimum absolute atomic E-state index is 0.0138. The first kappa shape index (κ1) is 17.2. The Balaban J connectivity index is 1.40. The largest absolute Gasteiger partial charge is 0.459 e. The number of aryl methyl sites for hydroxylation is 1. The molecule has 0 saturated carbocycles. The van der Waals surface area contributed by atoms with Gasteiger partial charge in [-0.25, -0.2) is 4.39 Å². The molecule has 3 rings (SSSR count). The summed E-state index contributed by atoms with van der Waals surface area (Å²) < 4.78 is 18.0. The van der Waals surface area contributed by atoms with Gasteiger partial charge < -0.3 is 14.6 Å². The molecule has 6 heteroatoms. The number of nitrogens with one attached hydrogen (secondary N) is 1. The summed E-state index contributed by atoms with van der Waals surface area (Å²) in [6.07, 6.45) is 3.91. The second-order valence-corrected chi connectivity index (χ2v) is 6.24. The van der Waals surface area contributed by atoms with Crippen LogP contribution in [0.5, 0.6) is 0 Å². The number of piperidine rings is 1. The number of carbonyl (C=O) groups is 2. The van der Waals surface area contributed by atoms with E-state index in [4.69, 9.17) is 4.42 Å². The van der Waals surface area contributed by atoms with Crippen LogP contribution >= 0.6 is 0 Å². The van der Waals surface area contributed by atoms with Crippen LogP contribution in [0.2, 0.25) is 0 Å². The molecule has 2 heterocycles. The lowest BCUT2D eigenvalue weighted by atomic mass is 10.0. The van der Waals surface area contributed by atoms with Gasteiger partial charge in [0.25, 0.3) is 5.91 Å². The lowest BCUT2D eigenvalue weighted by molar-refractivity contribution is -0.122. The minimum atomic E-state index is -0.274. The number of halogens is 1. The Labute approximate surface area is 145 Å². The van der Waals surface area contributed by atoms with Crippen molar-refractivity contribution >= 4 is 11.8 Å². The van der Waals surface area contributed by atoms with Crippen molar-refractivity contribution in [1.29, 1.82) is 0 Å². The van der Waals surface area contributed by atoms with Gasteiger partial charge in [-0.2, -0.15) is 0 Å². The molecule has 1 N–H and O–H groups in total. The zero-order valence-corrected chi connectivity index (χ0v) is 13.9. The lowest BCUT2D eigenvalue weighted by Crippen LogP contribution is -2.46. The van der Waals surface area contributed by atoms with Crippen LogP contribution in [0.4, 0.5) is 4.39 Å². The first-order chi connectivity index (χ1) is 12.1. The second kappa shape index (κ2) is 7.96. The molecule has 5 nitrogen and oxygen atoms in total. The smallest absolute Gasteiger partial charge is 0.289 e. The molecule has 2 amide bonds. The Morgan fingerprint density at radius 1 is 1.16 bits per heavy atom. The van der Waals surface area contributed by atoms with Crippen LogP contribution in [0.15, 0.2) is 47.1 Å². The van der Waals surface area contributed by atoms with Gasteiger partial charge in [-0.15, -0.1) is 0 Å². The Kier molecular flexibility index (Phi) is 5.48. The van der Waals surface area contributed by atoms with Gasteiger partial charge in [0.15, 0.2) is 5.76 Å². The molecule has 1 fully saturated rings. The number of rotatable bonds is 5. The number of likely N-dealkylation sites (tertiary alicyclic amines) is 1. The van der Waals surface area contributed by atoms with E-state index in [-0.39, 0.29) is 23.7 Å². The Hall–Kier alpha value is -2.63. The fourth-order valence-electron chi connectivity index (χ4n) is 2.99. The molecule has 0 bridgehead atoms. The lowest BCUT2D eigenvalue weighted by Gasteiger charge is -2.31. The van der Waals surface area contributed by atoms with E-state index in [0.29, 0.717) is 31.7 Å². The summed E-state index contributed by atoms with van der Waals surface area (Å²) in [6, 6.07) is 9.63. The number of furan rings is 1. The fourth-order valence-corrected chi connectivity index (χ4v) is 2.99. The van der Waals surface area contributed by atoms with Crippen LogP contribution in [-0.2, 0) is 11.2 Å². The maximum absolute atomic E-state index is 12.9. The van der Waals surface area contributed by atoms with Crippen molar-refractivity contribution in [2.45, 2.75) is 31.7 Å². The van der Waals surface area contributed by atoms with Gasteiger partial charge in [0, 0.05) is 25.6 Å². The van der Waals surface area contributed by atoms with Crippen molar-refractivity contribution in [1.82, 2.24) is 10.2 Å². The van der Waals surface area contributed by atoms with Crippen molar-refractivity contribution in [3.8, 4) is 0 Å². The van der Waals surface area contributed by atoms with Crippen molar-refractivity contribution in [2.75, 3.05) is 13.1 Å². The summed E-state index contributed by atoms with van der Waals surface area (Å²) in [7, 11) is 0. The van der Waals surface area contributed by atoms with Crippen LogP contribution < -0.4 is 5.32 Å². The predicted octanol–water partition coefficient (Wildman–Crippen LogP) is 2.77. The summed E-state index contributed by atoms with van der Waals surface area (Å²) in [6.45, 7) is 1.20. The molecule has 25 heavy (non-hydrogen) atoms. The highest BCUT2D eigenvalue weighted by Crippen LogP contribution is 2.15. The van der Waals surface area contributed by atoms with Crippen LogP contribution in [0, 0.1) is 5.82 Å². The zero-order chi connectivity index (χ0) is 17.6. The summed E-state index contributed by atoms with van der Waals surface area (Å²) in [5, 5.41) is 3.02. The quantitative estimate of drug-likeness (QED) is 0.907. The molecule has 1 aromatic heterocycles. The maximum atomic E-state index is 12.9. The van der Waals surface area contributed by atoms with E-state index in [1.165, 1.54) is 18.4 Å². The minimum Gasteiger partial charge on any atom is -0.459 e. The number of amides is 2. The molecule has 1 saturated heterocycles. The molecule has 0 aliphatic carbocycles. The molecule has 1 aliphatic heterocycles. The van der Waals surface area contributed by atoms with E-state index in [1.54, 1.807) is 29.2 Å². The number of hydrogen-bond donors (Lipinski definition) is 1. The first-order valence-electron chi connectivity index (χ1n) is 8.48. The molecular weight excluding hydrogens is 323 g/mol. The highest BCUT2D eigenvalue weighted by Gasteiger charge is 2.25. The topological polar surface area (TPSA) is 62.6 Å². The average Bonchev–Trinajstić information content (AvgIpc) is 3.16. The highest BCUT2D eigenvalue weighted by molar-refractivity contribution is 5.91. The third-order valence-corrected chi connectivity index (χ3v) is 4.43. The van der Waals surface area contributed by atoms with Crippen molar-refractivity contribution < 1.29 is 18.4 Å². The second-order valence-electron chi connectivity index (χ2n) is 6.24. The van der Waals surface area contributed by atoms with E-state index < -0.39 is 0 Å². The SMILES string of the molecule is O=C(CCc1ccc(F)cc1)NC1CCN(C(=O)c2ccco2)CC1. The van der Waals surface area contributed by atoms with Gasteiger partial charge in [-0.3, -0.25) is 9.59 Å². The summed E-state index contributed by atoms with van der Waals surface area (Å²) >= 11 is 0. The summed E-state index contributed by atoms with van der Waals surface area (Å²) in [5.41, 5.74) is 0.940. The monoisotopic (exact) mass is 344 g/mol. The Bertz CT molecular complexity index is 705. The van der Waals surface area contributed by atoms with Crippen LogP contribution in [0.25, 0.3) is 0 Å². The Morgan fingerprint density at radius 3 is 2.52 bits per heavy atom. The van der Waals surface area contributed by atoms with Crippen LogP contribution in [-0.4, -0.2) is 35.8 Å². The van der Waals surface area contributed by atoms with Gasteiger partial charge in [-0.05, 0) is 49.1 Å². The normalized spacial score (nSPS) is 15.2. The average molecular weight is 344 g/mol. The van der Waals surface area contributed by atoms with Gasteiger partial charge in [-0.1, -0.05) is 12.1 Å². The van der Waals surface area contributed by atoms with Crippen LogP contribution in [0.3, 0.4) is 0 Å². The molecule has 0 spiro atoms. The third kappa shape index (κ3) is 4.68. The number of nitrogens with zero attached hydrogens (tertiary/aromatic N) is 1. The molecule has 1 aromatic carbocycles. The predicted molar refractivity (Wildman–Crippen MR) is 90.5 cm³/mol. The molecular formula is C19H21FN2O3. The van der Waals surface area contributed by atoms with Gasteiger partial charge in [0.2, 0.25) is 5.91 Å². The van der Waals surface area contributed by atoms with E-state index in [9.17, 15) is 14.0 Å². The van der Waals surface area contributed by atoms with Gasteiger partial charge >= 0.3 is 0 Å². The number of hydrogen-bond acceptors (Lipinski definition) is 3. The standard InChI is InChI=1S/C19H21FN2O3/c20-15-6-3-14(4-7-15)5-8-18(23)21-16-9-11-22(12-10-16)19(24)17-2-1-13-25-17/h1-4,6-7,13,16H,5,8-12H2,(H,21,23).